The predicted molar refractivity (Wildman–Crippen MR) is 111 cm³/mol. The maximum Gasteiger partial charge on any atom is 0.310 e. The van der Waals surface area contributed by atoms with Crippen LogP contribution in [0.3, 0.4) is 0 Å². The van der Waals surface area contributed by atoms with Crippen LogP contribution in [0.1, 0.15) is 19.4 Å². The van der Waals surface area contributed by atoms with Crippen molar-refractivity contribution < 1.29 is 14.3 Å². The quantitative estimate of drug-likeness (QED) is 0.471. The van der Waals surface area contributed by atoms with Gasteiger partial charge >= 0.3 is 5.97 Å². The number of hydrogen-bond acceptors (Lipinski definition) is 5. The van der Waals surface area contributed by atoms with E-state index in [9.17, 15) is 4.79 Å². The smallest absolute Gasteiger partial charge is 0.310 e. The van der Waals surface area contributed by atoms with Crippen molar-refractivity contribution in [2.24, 2.45) is 16.8 Å². The normalized spacial score (nSPS) is 23.0. The number of benzene rings is 1. The van der Waals surface area contributed by atoms with Crippen molar-refractivity contribution >= 4 is 17.6 Å². The van der Waals surface area contributed by atoms with E-state index in [1.807, 2.05) is 0 Å². The first-order chi connectivity index (χ1) is 13.6. The molecule has 2 atom stereocenters. The molecule has 0 radical (unpaired) electrons. The topological polar surface area (TPSA) is 66.4 Å². The molecule has 2 heterocycles. The summed E-state index contributed by atoms with van der Waals surface area (Å²) in [5, 5.41) is 3.38. The lowest BCUT2D eigenvalue weighted by atomic mass is 9.99. The predicted octanol–water partition coefficient (Wildman–Crippen LogP) is 1.73. The number of carbonyl (C=O) groups is 1. The third-order valence-corrected chi connectivity index (χ3v) is 5.49. The average Bonchev–Trinajstić information content (AvgIpc) is 3.13. The molecule has 2 unspecified atom stereocenters. The van der Waals surface area contributed by atoms with Gasteiger partial charge in [-0.2, -0.15) is 0 Å². The monoisotopic (exact) mass is 388 g/mol. The highest BCUT2D eigenvalue weighted by Crippen LogP contribution is 2.25. The molecular formula is C21H32N4O3. The number of methoxy groups -OCH3 is 1. The molecule has 0 saturated carbocycles. The maximum absolute atomic E-state index is 12.0. The van der Waals surface area contributed by atoms with Crippen molar-refractivity contribution in [3.8, 4) is 0 Å². The van der Waals surface area contributed by atoms with Gasteiger partial charge in [0.05, 0.1) is 32.8 Å². The molecule has 1 N–H and O–H groups in total. The van der Waals surface area contributed by atoms with Gasteiger partial charge in [0.25, 0.3) is 0 Å². The lowest BCUT2D eigenvalue weighted by molar-refractivity contribution is -0.145. The molecule has 1 aromatic carbocycles. The van der Waals surface area contributed by atoms with Gasteiger partial charge in [0.2, 0.25) is 0 Å². The Bertz CT molecular complexity index is 688. The van der Waals surface area contributed by atoms with Crippen LogP contribution in [-0.4, -0.2) is 69.9 Å². The number of hydrogen-bond donors (Lipinski definition) is 1. The number of guanidine groups is 1. The number of carbonyl (C=O) groups excluding carboxylic acids is 1. The number of aliphatic imine (C=N–C) groups is 1. The molecular weight excluding hydrogens is 356 g/mol. The van der Waals surface area contributed by atoms with E-state index >= 15 is 0 Å². The van der Waals surface area contributed by atoms with Gasteiger partial charge in [-0.3, -0.25) is 4.79 Å². The molecule has 0 spiro atoms. The van der Waals surface area contributed by atoms with E-state index in [4.69, 9.17) is 14.5 Å². The number of anilines is 1. The molecule has 2 aliphatic rings. The molecule has 2 aliphatic heterocycles. The summed E-state index contributed by atoms with van der Waals surface area (Å²) in [6.07, 6.45) is 0. The lowest BCUT2D eigenvalue weighted by Crippen LogP contribution is -2.40. The Morgan fingerprint density at radius 3 is 2.75 bits per heavy atom. The first kappa shape index (κ1) is 20.5. The van der Waals surface area contributed by atoms with Gasteiger partial charge < -0.3 is 24.6 Å². The minimum Gasteiger partial charge on any atom is -0.469 e. The number of likely N-dealkylation sites (tertiary alicyclic amines) is 1. The molecule has 2 saturated heterocycles. The SMILES string of the molecule is CCNC(=NCc1ccccc1N1CCOCC1)N1CC(C)C(C(=O)OC)C1. The molecule has 154 valence electrons. The third-order valence-electron chi connectivity index (χ3n) is 5.49. The number of nitrogens with zero attached hydrogens (tertiary/aromatic N) is 3. The fraction of sp³-hybridized carbons (Fsp3) is 0.619. The Kier molecular flexibility index (Phi) is 7.14. The first-order valence-electron chi connectivity index (χ1n) is 10.2. The van der Waals surface area contributed by atoms with Crippen LogP contribution in [-0.2, 0) is 20.8 Å². The summed E-state index contributed by atoms with van der Waals surface area (Å²) in [5.74, 6) is 0.868. The molecule has 0 amide bonds. The number of rotatable bonds is 5. The van der Waals surface area contributed by atoms with Crippen molar-refractivity contribution in [3.63, 3.8) is 0 Å². The second kappa shape index (κ2) is 9.78. The van der Waals surface area contributed by atoms with Crippen LogP contribution >= 0.6 is 0 Å². The average molecular weight is 389 g/mol. The van der Waals surface area contributed by atoms with Crippen LogP contribution in [0.5, 0.6) is 0 Å². The molecule has 28 heavy (non-hydrogen) atoms. The van der Waals surface area contributed by atoms with E-state index in [0.29, 0.717) is 13.1 Å². The fourth-order valence-electron chi connectivity index (χ4n) is 3.94. The zero-order chi connectivity index (χ0) is 19.9. The highest BCUT2D eigenvalue weighted by atomic mass is 16.5. The van der Waals surface area contributed by atoms with Gasteiger partial charge in [0.1, 0.15) is 0 Å². The number of morpholine rings is 1. The summed E-state index contributed by atoms with van der Waals surface area (Å²) >= 11 is 0. The summed E-state index contributed by atoms with van der Waals surface area (Å²) in [7, 11) is 1.46. The standard InChI is InChI=1S/C21H32N4O3/c1-4-22-21(25-14-16(2)18(15-25)20(26)27-3)23-13-17-7-5-6-8-19(17)24-9-11-28-12-10-24/h5-8,16,18H,4,9-15H2,1-3H3,(H,22,23). The molecule has 0 aliphatic carbocycles. The Morgan fingerprint density at radius 2 is 2.04 bits per heavy atom. The fourth-order valence-corrected chi connectivity index (χ4v) is 3.94. The van der Waals surface area contributed by atoms with Gasteiger partial charge in [-0.25, -0.2) is 4.99 Å². The lowest BCUT2D eigenvalue weighted by Gasteiger charge is -2.30. The summed E-state index contributed by atoms with van der Waals surface area (Å²) in [6, 6.07) is 8.44. The van der Waals surface area contributed by atoms with Crippen molar-refractivity contribution in [2.75, 3.05) is 57.9 Å². The van der Waals surface area contributed by atoms with E-state index < -0.39 is 0 Å². The maximum atomic E-state index is 12.0. The summed E-state index contributed by atoms with van der Waals surface area (Å²) in [6.45, 7) is 10.3. The Labute approximate surface area is 167 Å². The van der Waals surface area contributed by atoms with Crippen molar-refractivity contribution in [1.82, 2.24) is 10.2 Å². The van der Waals surface area contributed by atoms with Crippen LogP contribution in [0.15, 0.2) is 29.3 Å². The van der Waals surface area contributed by atoms with Crippen LogP contribution in [0.4, 0.5) is 5.69 Å². The second-order valence-electron chi connectivity index (χ2n) is 7.41. The van der Waals surface area contributed by atoms with Gasteiger partial charge in [-0.05, 0) is 24.5 Å². The van der Waals surface area contributed by atoms with Gasteiger partial charge in [0, 0.05) is 38.4 Å². The summed E-state index contributed by atoms with van der Waals surface area (Å²) < 4.78 is 10.4. The highest BCUT2D eigenvalue weighted by molar-refractivity contribution is 5.82. The number of nitrogens with one attached hydrogen (secondary N) is 1. The van der Waals surface area contributed by atoms with Gasteiger partial charge in [0.15, 0.2) is 5.96 Å². The summed E-state index contributed by atoms with van der Waals surface area (Å²) in [5.41, 5.74) is 2.43. The number of esters is 1. The van der Waals surface area contributed by atoms with Crippen LogP contribution in [0.2, 0.25) is 0 Å². The molecule has 7 heteroatoms. The Morgan fingerprint density at radius 1 is 1.29 bits per heavy atom. The molecule has 0 aromatic heterocycles. The van der Waals surface area contributed by atoms with E-state index in [1.54, 1.807) is 0 Å². The van der Waals surface area contributed by atoms with Crippen LogP contribution in [0.25, 0.3) is 0 Å². The van der Waals surface area contributed by atoms with Crippen molar-refractivity contribution in [2.45, 2.75) is 20.4 Å². The third kappa shape index (κ3) is 4.76. The second-order valence-corrected chi connectivity index (χ2v) is 7.41. The molecule has 7 nitrogen and oxygen atoms in total. The minimum atomic E-state index is -0.136. The van der Waals surface area contributed by atoms with E-state index in [-0.39, 0.29) is 17.8 Å². The van der Waals surface area contributed by atoms with Gasteiger partial charge in [-0.15, -0.1) is 0 Å². The van der Waals surface area contributed by atoms with Crippen LogP contribution in [0, 0.1) is 11.8 Å². The largest absolute Gasteiger partial charge is 0.469 e. The van der Waals surface area contributed by atoms with E-state index in [2.05, 4.69) is 53.2 Å². The Balaban J connectivity index is 1.74. The summed E-state index contributed by atoms with van der Waals surface area (Å²) in [4.78, 5) is 21.5. The van der Waals surface area contributed by atoms with Crippen LogP contribution < -0.4 is 10.2 Å². The molecule has 1 aromatic rings. The molecule has 3 rings (SSSR count). The zero-order valence-electron chi connectivity index (χ0n) is 17.2. The number of para-hydroxylation sites is 1. The zero-order valence-corrected chi connectivity index (χ0v) is 17.2. The van der Waals surface area contributed by atoms with Crippen molar-refractivity contribution in [3.05, 3.63) is 29.8 Å². The van der Waals surface area contributed by atoms with E-state index in [1.165, 1.54) is 18.4 Å². The minimum absolute atomic E-state index is 0.102. The number of ether oxygens (including phenoxy) is 2. The van der Waals surface area contributed by atoms with E-state index in [0.717, 1.165) is 45.4 Å². The first-order valence-corrected chi connectivity index (χ1v) is 10.2. The Hall–Kier alpha value is -2.28. The molecule has 0 bridgehead atoms. The highest BCUT2D eigenvalue weighted by Gasteiger charge is 2.36. The van der Waals surface area contributed by atoms with Gasteiger partial charge in [-0.1, -0.05) is 25.1 Å². The van der Waals surface area contributed by atoms with Crippen molar-refractivity contribution in [1.29, 1.82) is 0 Å². The molecule has 2 fully saturated rings.